The van der Waals surface area contributed by atoms with Crippen LogP contribution in [-0.2, 0) is 11.3 Å². The maximum absolute atomic E-state index is 9.76. The first-order chi connectivity index (χ1) is 15.6. The first kappa shape index (κ1) is 20.7. The van der Waals surface area contributed by atoms with E-state index in [0.717, 1.165) is 59.4 Å². The predicted octanol–water partition coefficient (Wildman–Crippen LogP) is 3.49. The number of aliphatic hydroxyl groups excluding tert-OH is 1. The van der Waals surface area contributed by atoms with Crippen molar-refractivity contribution in [1.82, 2.24) is 24.4 Å². The molecule has 168 valence electrons. The van der Waals surface area contributed by atoms with Crippen molar-refractivity contribution >= 4 is 34.0 Å². The lowest BCUT2D eigenvalue weighted by Crippen LogP contribution is -2.29. The number of aromatic nitrogens is 5. The lowest BCUT2D eigenvalue weighted by Gasteiger charge is -2.26. The number of nitrogens with zero attached hydrogens (tertiary/aromatic N) is 5. The van der Waals surface area contributed by atoms with Gasteiger partial charge < -0.3 is 20.5 Å². The number of hydrogen-bond acceptors (Lipinski definition) is 7. The van der Waals surface area contributed by atoms with Gasteiger partial charge >= 0.3 is 0 Å². The van der Waals surface area contributed by atoms with Gasteiger partial charge in [-0.25, -0.2) is 0 Å². The van der Waals surface area contributed by atoms with Crippen LogP contribution in [0.2, 0.25) is 0 Å². The van der Waals surface area contributed by atoms with Crippen LogP contribution < -0.4 is 10.6 Å². The Hall–Kier alpha value is -3.17. The molecule has 1 aliphatic carbocycles. The Morgan fingerprint density at radius 2 is 1.97 bits per heavy atom. The summed E-state index contributed by atoms with van der Waals surface area (Å²) in [5.41, 5.74) is 3.73. The molecule has 0 radical (unpaired) electrons. The SMILES string of the molecule is COCCn1nc(C)c2ccc(Nc3nc4cccc(N[C@H]5CC[C@@H](O)CC5)n4n3)cc21. The highest BCUT2D eigenvalue weighted by Crippen LogP contribution is 2.26. The van der Waals surface area contributed by atoms with Crippen molar-refractivity contribution in [3.05, 3.63) is 42.1 Å². The molecule has 0 amide bonds. The van der Waals surface area contributed by atoms with E-state index in [1.54, 1.807) is 7.11 Å². The first-order valence-electron chi connectivity index (χ1n) is 11.1. The Morgan fingerprint density at radius 1 is 1.12 bits per heavy atom. The molecule has 9 heteroatoms. The largest absolute Gasteiger partial charge is 0.393 e. The summed E-state index contributed by atoms with van der Waals surface area (Å²) in [5.74, 6) is 1.45. The van der Waals surface area contributed by atoms with Crippen molar-refractivity contribution < 1.29 is 9.84 Å². The number of benzene rings is 1. The fraction of sp³-hybridized carbons (Fsp3) is 0.435. The molecule has 0 bridgehead atoms. The molecule has 1 aromatic carbocycles. The van der Waals surface area contributed by atoms with Crippen molar-refractivity contribution in [1.29, 1.82) is 0 Å². The monoisotopic (exact) mass is 435 g/mol. The number of rotatable bonds is 7. The summed E-state index contributed by atoms with van der Waals surface area (Å²) in [6.45, 7) is 3.33. The highest BCUT2D eigenvalue weighted by molar-refractivity contribution is 5.85. The molecule has 3 aromatic heterocycles. The molecule has 0 aliphatic heterocycles. The van der Waals surface area contributed by atoms with E-state index < -0.39 is 0 Å². The standard InChI is InChI=1S/C23H29N7O2/c1-15-19-11-8-17(14-20(19)29(27-15)12-13-32-2)25-23-26-22-5-3-4-21(30(22)28-23)24-16-6-9-18(31)10-7-16/h3-5,8,11,14,16,18,24,31H,6-7,9-10,12-13H2,1-2H3,(H,25,28)/t16-,18+. The van der Waals surface area contributed by atoms with Gasteiger partial charge in [0.2, 0.25) is 5.95 Å². The first-order valence-corrected chi connectivity index (χ1v) is 11.1. The van der Waals surface area contributed by atoms with Crippen LogP contribution in [-0.4, -0.2) is 55.3 Å². The van der Waals surface area contributed by atoms with Crippen LogP contribution in [0, 0.1) is 6.92 Å². The number of pyridine rings is 1. The van der Waals surface area contributed by atoms with Crippen molar-refractivity contribution in [3.8, 4) is 0 Å². The Balaban J connectivity index is 1.39. The second kappa shape index (κ2) is 8.76. The number of fused-ring (bicyclic) bond motifs is 2. The molecule has 0 spiro atoms. The average Bonchev–Trinajstić information content (AvgIpc) is 3.34. The zero-order chi connectivity index (χ0) is 22.1. The van der Waals surface area contributed by atoms with Gasteiger partial charge in [0.05, 0.1) is 30.5 Å². The fourth-order valence-corrected chi connectivity index (χ4v) is 4.39. The third kappa shape index (κ3) is 4.13. The van der Waals surface area contributed by atoms with Gasteiger partial charge in [-0.15, -0.1) is 5.10 Å². The Labute approximate surface area is 186 Å². The summed E-state index contributed by atoms with van der Waals surface area (Å²) in [5, 5.41) is 27.1. The third-order valence-corrected chi connectivity index (χ3v) is 6.11. The second-order valence-corrected chi connectivity index (χ2v) is 8.42. The van der Waals surface area contributed by atoms with Crippen molar-refractivity contribution in [2.24, 2.45) is 0 Å². The van der Waals surface area contributed by atoms with Crippen LogP contribution in [0.15, 0.2) is 36.4 Å². The van der Waals surface area contributed by atoms with E-state index in [4.69, 9.17) is 4.74 Å². The van der Waals surface area contributed by atoms with E-state index in [0.29, 0.717) is 25.1 Å². The normalized spacial score (nSPS) is 19.0. The molecular formula is C23H29N7O2. The van der Waals surface area contributed by atoms with Crippen molar-refractivity contribution in [2.75, 3.05) is 24.4 Å². The minimum Gasteiger partial charge on any atom is -0.393 e. The molecule has 1 saturated carbocycles. The topological polar surface area (TPSA) is 102 Å². The van der Waals surface area contributed by atoms with Crippen LogP contribution in [0.3, 0.4) is 0 Å². The number of anilines is 3. The second-order valence-electron chi connectivity index (χ2n) is 8.42. The van der Waals surface area contributed by atoms with E-state index in [1.807, 2.05) is 40.4 Å². The third-order valence-electron chi connectivity index (χ3n) is 6.11. The molecule has 0 saturated heterocycles. The summed E-state index contributed by atoms with van der Waals surface area (Å²) in [4.78, 5) is 4.65. The quantitative estimate of drug-likeness (QED) is 0.408. The smallest absolute Gasteiger partial charge is 0.247 e. The van der Waals surface area contributed by atoms with E-state index in [9.17, 15) is 5.11 Å². The summed E-state index contributed by atoms with van der Waals surface area (Å²) in [6, 6.07) is 12.4. The summed E-state index contributed by atoms with van der Waals surface area (Å²) in [7, 11) is 1.70. The van der Waals surface area contributed by atoms with E-state index in [-0.39, 0.29) is 6.10 Å². The molecule has 0 unspecified atom stereocenters. The summed E-state index contributed by atoms with van der Waals surface area (Å²) >= 11 is 0. The van der Waals surface area contributed by atoms with E-state index in [2.05, 4.69) is 37.9 Å². The molecule has 1 aliphatic rings. The van der Waals surface area contributed by atoms with Crippen LogP contribution >= 0.6 is 0 Å². The highest BCUT2D eigenvalue weighted by atomic mass is 16.5. The van der Waals surface area contributed by atoms with Crippen molar-refractivity contribution in [3.63, 3.8) is 0 Å². The van der Waals surface area contributed by atoms with Gasteiger partial charge in [-0.2, -0.15) is 14.6 Å². The highest BCUT2D eigenvalue weighted by Gasteiger charge is 2.20. The number of aryl methyl sites for hydroxylation is 1. The van der Waals surface area contributed by atoms with Crippen molar-refractivity contribution in [2.45, 2.75) is 51.3 Å². The molecule has 4 aromatic rings. The van der Waals surface area contributed by atoms with Crippen LogP contribution in [0.1, 0.15) is 31.4 Å². The van der Waals surface area contributed by atoms with Gasteiger partial charge in [0.15, 0.2) is 5.65 Å². The molecule has 32 heavy (non-hydrogen) atoms. The zero-order valence-corrected chi connectivity index (χ0v) is 18.5. The van der Waals surface area contributed by atoms with E-state index in [1.165, 1.54) is 0 Å². The summed E-state index contributed by atoms with van der Waals surface area (Å²) in [6.07, 6.45) is 3.40. The Kier molecular flexibility index (Phi) is 5.67. The average molecular weight is 436 g/mol. The summed E-state index contributed by atoms with van der Waals surface area (Å²) < 4.78 is 9.02. The Bertz CT molecular complexity index is 1220. The number of hydrogen-bond donors (Lipinski definition) is 3. The molecule has 9 nitrogen and oxygen atoms in total. The zero-order valence-electron chi connectivity index (χ0n) is 18.5. The van der Waals surface area contributed by atoms with Crippen LogP contribution in [0.5, 0.6) is 0 Å². The minimum atomic E-state index is -0.169. The predicted molar refractivity (Wildman–Crippen MR) is 125 cm³/mol. The number of nitrogens with one attached hydrogen (secondary N) is 2. The molecule has 3 N–H and O–H groups in total. The molecule has 1 fully saturated rings. The van der Waals surface area contributed by atoms with Gasteiger partial charge in [0.25, 0.3) is 0 Å². The molecular weight excluding hydrogens is 406 g/mol. The van der Waals surface area contributed by atoms with Gasteiger partial charge in [-0.05, 0) is 62.9 Å². The van der Waals surface area contributed by atoms with E-state index >= 15 is 0 Å². The van der Waals surface area contributed by atoms with Gasteiger partial charge in [0, 0.05) is 24.2 Å². The molecule has 5 rings (SSSR count). The number of methoxy groups -OCH3 is 1. The minimum absolute atomic E-state index is 0.169. The lowest BCUT2D eigenvalue weighted by molar-refractivity contribution is 0.126. The molecule has 3 heterocycles. The van der Waals surface area contributed by atoms with Crippen LogP contribution in [0.25, 0.3) is 16.6 Å². The molecule has 0 atom stereocenters. The number of aliphatic hydroxyl groups is 1. The van der Waals surface area contributed by atoms with Crippen LogP contribution in [0.4, 0.5) is 17.5 Å². The van der Waals surface area contributed by atoms with Gasteiger partial charge in [-0.1, -0.05) is 6.07 Å². The number of ether oxygens (including phenoxy) is 1. The Morgan fingerprint density at radius 3 is 2.78 bits per heavy atom. The van der Waals surface area contributed by atoms with Gasteiger partial charge in [-0.3, -0.25) is 4.68 Å². The maximum Gasteiger partial charge on any atom is 0.247 e. The maximum atomic E-state index is 9.76. The van der Waals surface area contributed by atoms with Gasteiger partial charge in [0.1, 0.15) is 5.82 Å². The fourth-order valence-electron chi connectivity index (χ4n) is 4.39. The lowest BCUT2D eigenvalue weighted by atomic mass is 9.93.